The SMILES string of the molecule is CCCN(C1CCCNC1)C(C)C(C)CC. The molecular formula is C14H30N2. The van der Waals surface area contributed by atoms with Crippen LogP contribution in [-0.2, 0) is 0 Å². The third kappa shape index (κ3) is 3.74. The van der Waals surface area contributed by atoms with Gasteiger partial charge in [0.25, 0.3) is 0 Å². The van der Waals surface area contributed by atoms with Crippen molar-refractivity contribution in [2.75, 3.05) is 19.6 Å². The second kappa shape index (κ2) is 7.29. The minimum atomic E-state index is 0.731. The summed E-state index contributed by atoms with van der Waals surface area (Å²) in [7, 11) is 0. The summed E-state index contributed by atoms with van der Waals surface area (Å²) in [6.07, 6.45) is 5.30. The van der Waals surface area contributed by atoms with Gasteiger partial charge in [0.05, 0.1) is 0 Å². The lowest BCUT2D eigenvalue weighted by atomic mass is 9.95. The highest BCUT2D eigenvalue weighted by Crippen LogP contribution is 2.20. The number of rotatable bonds is 6. The minimum absolute atomic E-state index is 0.731. The van der Waals surface area contributed by atoms with Gasteiger partial charge in [-0.3, -0.25) is 4.90 Å². The predicted octanol–water partition coefficient (Wildman–Crippen LogP) is 2.89. The molecule has 1 N–H and O–H groups in total. The van der Waals surface area contributed by atoms with Gasteiger partial charge < -0.3 is 5.32 Å². The van der Waals surface area contributed by atoms with Crippen molar-refractivity contribution < 1.29 is 0 Å². The normalized spacial score (nSPS) is 25.7. The van der Waals surface area contributed by atoms with E-state index in [0.29, 0.717) is 0 Å². The Bertz CT molecular complexity index is 174. The van der Waals surface area contributed by atoms with Crippen molar-refractivity contribution in [2.24, 2.45) is 5.92 Å². The lowest BCUT2D eigenvalue weighted by Gasteiger charge is -2.41. The van der Waals surface area contributed by atoms with Crippen molar-refractivity contribution in [1.29, 1.82) is 0 Å². The molecule has 1 fully saturated rings. The molecule has 0 aliphatic carbocycles. The Hall–Kier alpha value is -0.0800. The van der Waals surface area contributed by atoms with Crippen LogP contribution in [-0.4, -0.2) is 36.6 Å². The highest BCUT2D eigenvalue weighted by molar-refractivity contribution is 4.83. The Morgan fingerprint density at radius 2 is 2.06 bits per heavy atom. The third-order valence-electron chi connectivity index (χ3n) is 4.21. The monoisotopic (exact) mass is 226 g/mol. The van der Waals surface area contributed by atoms with Crippen LogP contribution in [0.3, 0.4) is 0 Å². The van der Waals surface area contributed by atoms with Crippen LogP contribution in [0.15, 0.2) is 0 Å². The van der Waals surface area contributed by atoms with E-state index in [1.165, 1.54) is 45.3 Å². The van der Waals surface area contributed by atoms with E-state index in [2.05, 4.69) is 37.9 Å². The maximum Gasteiger partial charge on any atom is 0.0224 e. The molecule has 3 atom stereocenters. The first-order valence-corrected chi connectivity index (χ1v) is 7.17. The number of hydrogen-bond donors (Lipinski definition) is 1. The van der Waals surface area contributed by atoms with Crippen LogP contribution in [0, 0.1) is 5.92 Å². The summed E-state index contributed by atoms with van der Waals surface area (Å²) in [6.45, 7) is 13.1. The number of piperidine rings is 1. The standard InChI is InChI=1S/C14H30N2/c1-5-10-16(13(4)12(3)6-2)14-8-7-9-15-11-14/h12-15H,5-11H2,1-4H3. The van der Waals surface area contributed by atoms with Gasteiger partial charge in [0.1, 0.15) is 0 Å². The predicted molar refractivity (Wildman–Crippen MR) is 71.8 cm³/mol. The first kappa shape index (κ1) is 14.0. The Morgan fingerprint density at radius 1 is 1.31 bits per heavy atom. The molecule has 1 heterocycles. The van der Waals surface area contributed by atoms with Gasteiger partial charge in [-0.25, -0.2) is 0 Å². The van der Waals surface area contributed by atoms with E-state index >= 15 is 0 Å². The van der Waals surface area contributed by atoms with Gasteiger partial charge in [-0.05, 0) is 45.2 Å². The largest absolute Gasteiger partial charge is 0.315 e. The maximum atomic E-state index is 3.54. The molecule has 0 amide bonds. The fourth-order valence-electron chi connectivity index (χ4n) is 2.76. The summed E-state index contributed by atoms with van der Waals surface area (Å²) in [4.78, 5) is 2.75. The van der Waals surface area contributed by atoms with E-state index in [-0.39, 0.29) is 0 Å². The Balaban J connectivity index is 2.56. The summed E-state index contributed by atoms with van der Waals surface area (Å²) in [6, 6.07) is 1.51. The molecule has 2 nitrogen and oxygen atoms in total. The fraction of sp³-hybridized carbons (Fsp3) is 1.00. The molecule has 0 aromatic carbocycles. The molecule has 1 aliphatic rings. The zero-order chi connectivity index (χ0) is 12.0. The lowest BCUT2D eigenvalue weighted by molar-refractivity contribution is 0.0889. The average molecular weight is 226 g/mol. The van der Waals surface area contributed by atoms with Crippen LogP contribution in [0.1, 0.15) is 53.4 Å². The van der Waals surface area contributed by atoms with Crippen LogP contribution in [0.25, 0.3) is 0 Å². The summed E-state index contributed by atoms with van der Waals surface area (Å²) >= 11 is 0. The van der Waals surface area contributed by atoms with Gasteiger partial charge in [0, 0.05) is 18.6 Å². The molecule has 96 valence electrons. The minimum Gasteiger partial charge on any atom is -0.315 e. The van der Waals surface area contributed by atoms with Crippen molar-refractivity contribution in [3.8, 4) is 0 Å². The van der Waals surface area contributed by atoms with E-state index in [9.17, 15) is 0 Å². The molecule has 2 heteroatoms. The van der Waals surface area contributed by atoms with Crippen LogP contribution in [0.4, 0.5) is 0 Å². The average Bonchev–Trinajstić information content (AvgIpc) is 2.35. The first-order chi connectivity index (χ1) is 7.70. The molecule has 1 saturated heterocycles. The van der Waals surface area contributed by atoms with Crippen molar-refractivity contribution in [2.45, 2.75) is 65.5 Å². The number of nitrogens with one attached hydrogen (secondary N) is 1. The highest BCUT2D eigenvalue weighted by atomic mass is 15.2. The van der Waals surface area contributed by atoms with Gasteiger partial charge in [-0.2, -0.15) is 0 Å². The molecule has 0 spiro atoms. The molecule has 0 aromatic rings. The summed E-state index contributed by atoms with van der Waals surface area (Å²) < 4.78 is 0. The summed E-state index contributed by atoms with van der Waals surface area (Å²) in [5.74, 6) is 0.813. The van der Waals surface area contributed by atoms with E-state index in [4.69, 9.17) is 0 Å². The van der Waals surface area contributed by atoms with Gasteiger partial charge in [0.15, 0.2) is 0 Å². The third-order valence-corrected chi connectivity index (χ3v) is 4.21. The van der Waals surface area contributed by atoms with E-state index < -0.39 is 0 Å². The van der Waals surface area contributed by atoms with Crippen molar-refractivity contribution in [1.82, 2.24) is 10.2 Å². The van der Waals surface area contributed by atoms with Crippen LogP contribution in [0.5, 0.6) is 0 Å². The topological polar surface area (TPSA) is 15.3 Å². The molecule has 0 aromatic heterocycles. The van der Waals surface area contributed by atoms with Gasteiger partial charge in [-0.15, -0.1) is 0 Å². The number of nitrogens with zero attached hydrogens (tertiary/aromatic N) is 1. The summed E-state index contributed by atoms with van der Waals surface area (Å²) in [5.41, 5.74) is 0. The van der Waals surface area contributed by atoms with Crippen LogP contribution >= 0.6 is 0 Å². The number of hydrogen-bond acceptors (Lipinski definition) is 2. The highest BCUT2D eigenvalue weighted by Gasteiger charge is 2.26. The molecule has 3 unspecified atom stereocenters. The molecule has 1 rings (SSSR count). The molecule has 0 radical (unpaired) electrons. The molecule has 0 saturated carbocycles. The van der Waals surface area contributed by atoms with Gasteiger partial charge in [0.2, 0.25) is 0 Å². The van der Waals surface area contributed by atoms with Gasteiger partial charge in [-0.1, -0.05) is 27.2 Å². The Morgan fingerprint density at radius 3 is 2.56 bits per heavy atom. The van der Waals surface area contributed by atoms with E-state index in [1.54, 1.807) is 0 Å². The molecule has 1 aliphatic heterocycles. The summed E-state index contributed by atoms with van der Waals surface area (Å²) in [5, 5.41) is 3.54. The fourth-order valence-corrected chi connectivity index (χ4v) is 2.76. The second-order valence-electron chi connectivity index (χ2n) is 5.36. The Kier molecular flexibility index (Phi) is 6.37. The maximum absolute atomic E-state index is 3.54. The molecule has 16 heavy (non-hydrogen) atoms. The van der Waals surface area contributed by atoms with Crippen molar-refractivity contribution in [3.63, 3.8) is 0 Å². The van der Waals surface area contributed by atoms with E-state index in [1.807, 2.05) is 0 Å². The molecule has 0 bridgehead atoms. The smallest absolute Gasteiger partial charge is 0.0224 e. The van der Waals surface area contributed by atoms with Crippen molar-refractivity contribution in [3.05, 3.63) is 0 Å². The second-order valence-corrected chi connectivity index (χ2v) is 5.36. The van der Waals surface area contributed by atoms with Gasteiger partial charge >= 0.3 is 0 Å². The van der Waals surface area contributed by atoms with Crippen LogP contribution < -0.4 is 5.32 Å². The Labute approximate surface area is 102 Å². The first-order valence-electron chi connectivity index (χ1n) is 7.17. The lowest BCUT2D eigenvalue weighted by Crippen LogP contribution is -2.51. The quantitative estimate of drug-likeness (QED) is 0.749. The zero-order valence-electron chi connectivity index (χ0n) is 11.6. The molecular weight excluding hydrogens is 196 g/mol. The van der Waals surface area contributed by atoms with Crippen molar-refractivity contribution >= 4 is 0 Å². The van der Waals surface area contributed by atoms with Crippen LogP contribution in [0.2, 0.25) is 0 Å². The van der Waals surface area contributed by atoms with E-state index in [0.717, 1.165) is 18.0 Å². The zero-order valence-corrected chi connectivity index (χ0v) is 11.6.